The maximum Gasteiger partial charge on any atom is 0.0998 e. The lowest BCUT2D eigenvalue weighted by atomic mass is 9.60. The van der Waals surface area contributed by atoms with Gasteiger partial charge < -0.3 is 10.2 Å². The first-order valence-corrected chi connectivity index (χ1v) is 4.85. The van der Waals surface area contributed by atoms with E-state index in [1.807, 2.05) is 41.5 Å². The van der Waals surface area contributed by atoms with Gasteiger partial charge >= 0.3 is 0 Å². The minimum absolute atomic E-state index is 0.334. The van der Waals surface area contributed by atoms with Crippen LogP contribution in [-0.4, -0.2) is 21.9 Å². The molecule has 0 saturated carbocycles. The van der Waals surface area contributed by atoms with Gasteiger partial charge in [0.15, 0.2) is 0 Å². The average Bonchev–Trinajstić information content (AvgIpc) is 1.80. The van der Waals surface area contributed by atoms with E-state index in [0.717, 1.165) is 0 Å². The molecule has 2 heteroatoms. The number of aliphatic hydroxyl groups is 2. The van der Waals surface area contributed by atoms with Crippen LogP contribution >= 0.6 is 0 Å². The van der Waals surface area contributed by atoms with Crippen LogP contribution in [0.4, 0.5) is 0 Å². The number of rotatable bonds is 1. The predicted octanol–water partition coefficient (Wildman–Crippen LogP) is 2.19. The molecular formula is C11H24O2. The third kappa shape index (κ3) is 2.05. The zero-order valence-corrected chi connectivity index (χ0v) is 9.97. The van der Waals surface area contributed by atoms with Crippen LogP contribution in [0.1, 0.15) is 48.5 Å². The average molecular weight is 188 g/mol. The summed E-state index contributed by atoms with van der Waals surface area (Å²) in [6.07, 6.45) is -0.729. The Bertz CT molecular complexity index is 156. The lowest BCUT2D eigenvalue weighted by Crippen LogP contribution is -2.60. The topological polar surface area (TPSA) is 40.5 Å². The molecule has 0 aliphatic rings. The van der Waals surface area contributed by atoms with Crippen molar-refractivity contribution in [2.75, 3.05) is 0 Å². The van der Waals surface area contributed by atoms with Crippen LogP contribution in [0, 0.1) is 10.8 Å². The number of hydrogen-bond donors (Lipinski definition) is 2. The van der Waals surface area contributed by atoms with Gasteiger partial charge in [0.1, 0.15) is 0 Å². The van der Waals surface area contributed by atoms with Crippen molar-refractivity contribution in [3.63, 3.8) is 0 Å². The molecule has 2 N–H and O–H groups in total. The predicted molar refractivity (Wildman–Crippen MR) is 55.5 cm³/mol. The van der Waals surface area contributed by atoms with Crippen molar-refractivity contribution in [1.29, 1.82) is 0 Å². The van der Waals surface area contributed by atoms with Crippen molar-refractivity contribution in [2.24, 2.45) is 10.8 Å². The first-order valence-electron chi connectivity index (χ1n) is 4.85. The van der Waals surface area contributed by atoms with E-state index in [0.29, 0.717) is 0 Å². The van der Waals surface area contributed by atoms with Gasteiger partial charge in [0.25, 0.3) is 0 Å². The molecule has 0 aliphatic heterocycles. The summed E-state index contributed by atoms with van der Waals surface area (Å²) in [6.45, 7) is 13.3. The van der Waals surface area contributed by atoms with Crippen LogP contribution in [0.25, 0.3) is 0 Å². The molecule has 80 valence electrons. The van der Waals surface area contributed by atoms with E-state index in [4.69, 9.17) is 0 Å². The van der Waals surface area contributed by atoms with E-state index in [1.54, 1.807) is 6.92 Å². The molecule has 0 bridgehead atoms. The van der Waals surface area contributed by atoms with Gasteiger partial charge in [-0.1, -0.05) is 41.5 Å². The monoisotopic (exact) mass is 188 g/mol. The summed E-state index contributed by atoms with van der Waals surface area (Å²) in [7, 11) is 0. The first kappa shape index (κ1) is 12.9. The first-order chi connectivity index (χ1) is 5.44. The summed E-state index contributed by atoms with van der Waals surface area (Å²) in [5, 5.41) is 20.2. The second kappa shape index (κ2) is 3.25. The fourth-order valence-corrected chi connectivity index (χ4v) is 2.38. The lowest BCUT2D eigenvalue weighted by molar-refractivity contribution is -0.196. The Morgan fingerprint density at radius 1 is 0.846 bits per heavy atom. The molecule has 0 aromatic carbocycles. The highest BCUT2D eigenvalue weighted by atomic mass is 16.3. The summed E-state index contributed by atoms with van der Waals surface area (Å²) >= 11 is 0. The van der Waals surface area contributed by atoms with Crippen LogP contribution in [-0.2, 0) is 0 Å². The molecule has 1 atom stereocenters. The highest BCUT2D eigenvalue weighted by Gasteiger charge is 2.52. The number of aliphatic hydroxyl groups excluding tert-OH is 1. The normalized spacial score (nSPS) is 17.3. The fraction of sp³-hybridized carbons (Fsp3) is 1.00. The van der Waals surface area contributed by atoms with Gasteiger partial charge in [0, 0.05) is 0 Å². The van der Waals surface area contributed by atoms with Gasteiger partial charge in [0.05, 0.1) is 11.7 Å². The van der Waals surface area contributed by atoms with Crippen LogP contribution < -0.4 is 0 Å². The van der Waals surface area contributed by atoms with E-state index in [-0.39, 0.29) is 10.8 Å². The van der Waals surface area contributed by atoms with Crippen molar-refractivity contribution in [2.45, 2.75) is 60.2 Å². The SMILES string of the molecule is CC(O)C(O)(C(C)(C)C)C(C)(C)C. The molecule has 0 heterocycles. The molecule has 0 aromatic rings. The van der Waals surface area contributed by atoms with Crippen molar-refractivity contribution < 1.29 is 10.2 Å². The van der Waals surface area contributed by atoms with Crippen LogP contribution in [0.3, 0.4) is 0 Å². The molecule has 0 aromatic heterocycles. The zero-order valence-electron chi connectivity index (χ0n) is 9.97. The highest BCUT2D eigenvalue weighted by Crippen LogP contribution is 2.45. The summed E-state index contributed by atoms with van der Waals surface area (Å²) < 4.78 is 0. The Balaban J connectivity index is 5.22. The molecule has 0 amide bonds. The van der Waals surface area contributed by atoms with E-state index in [2.05, 4.69) is 0 Å². The Hall–Kier alpha value is -0.0800. The largest absolute Gasteiger partial charge is 0.390 e. The van der Waals surface area contributed by atoms with Gasteiger partial charge in [-0.3, -0.25) is 0 Å². The molecular weight excluding hydrogens is 164 g/mol. The van der Waals surface area contributed by atoms with Crippen LogP contribution in [0.5, 0.6) is 0 Å². The van der Waals surface area contributed by atoms with E-state index in [9.17, 15) is 10.2 Å². The van der Waals surface area contributed by atoms with Crippen LogP contribution in [0.2, 0.25) is 0 Å². The van der Waals surface area contributed by atoms with Gasteiger partial charge in [-0.2, -0.15) is 0 Å². The van der Waals surface area contributed by atoms with E-state index >= 15 is 0 Å². The minimum atomic E-state index is -1.07. The highest BCUT2D eigenvalue weighted by molar-refractivity contribution is 5.02. The minimum Gasteiger partial charge on any atom is -0.390 e. The molecule has 13 heavy (non-hydrogen) atoms. The van der Waals surface area contributed by atoms with Crippen molar-refractivity contribution >= 4 is 0 Å². The Morgan fingerprint density at radius 2 is 1.08 bits per heavy atom. The summed E-state index contributed by atoms with van der Waals surface area (Å²) in [6, 6.07) is 0. The molecule has 0 rings (SSSR count). The quantitative estimate of drug-likeness (QED) is 0.662. The van der Waals surface area contributed by atoms with Crippen LogP contribution in [0.15, 0.2) is 0 Å². The van der Waals surface area contributed by atoms with Gasteiger partial charge in [-0.25, -0.2) is 0 Å². The molecule has 0 radical (unpaired) electrons. The van der Waals surface area contributed by atoms with Gasteiger partial charge in [-0.05, 0) is 17.8 Å². The molecule has 0 aliphatic carbocycles. The van der Waals surface area contributed by atoms with E-state index < -0.39 is 11.7 Å². The molecule has 2 nitrogen and oxygen atoms in total. The fourth-order valence-electron chi connectivity index (χ4n) is 2.38. The third-order valence-electron chi connectivity index (χ3n) is 2.89. The Kier molecular flexibility index (Phi) is 3.23. The molecule has 0 saturated heterocycles. The van der Waals surface area contributed by atoms with Gasteiger partial charge in [-0.15, -0.1) is 0 Å². The summed E-state index contributed by atoms with van der Waals surface area (Å²) in [5.74, 6) is 0. The second-order valence-electron chi connectivity index (χ2n) is 5.94. The Labute approximate surface area is 82.0 Å². The van der Waals surface area contributed by atoms with Crippen molar-refractivity contribution in [3.8, 4) is 0 Å². The number of hydrogen-bond acceptors (Lipinski definition) is 2. The third-order valence-corrected chi connectivity index (χ3v) is 2.89. The lowest BCUT2D eigenvalue weighted by Gasteiger charge is -2.51. The maximum absolute atomic E-state index is 10.5. The van der Waals surface area contributed by atoms with E-state index in [1.165, 1.54) is 0 Å². The maximum atomic E-state index is 10.5. The molecule has 1 unspecified atom stereocenters. The Morgan fingerprint density at radius 3 is 1.08 bits per heavy atom. The van der Waals surface area contributed by atoms with Crippen molar-refractivity contribution in [1.82, 2.24) is 0 Å². The molecule has 0 spiro atoms. The standard InChI is InChI=1S/C11H24O2/c1-8(12)11(13,9(2,3)4)10(5,6)7/h8,12-13H,1-7H3. The summed E-state index contributed by atoms with van der Waals surface area (Å²) in [5.41, 5.74) is -1.74. The second-order valence-corrected chi connectivity index (χ2v) is 5.94. The molecule has 0 fully saturated rings. The van der Waals surface area contributed by atoms with Gasteiger partial charge in [0.2, 0.25) is 0 Å². The smallest absolute Gasteiger partial charge is 0.0998 e. The van der Waals surface area contributed by atoms with Crippen molar-refractivity contribution in [3.05, 3.63) is 0 Å². The summed E-state index contributed by atoms with van der Waals surface area (Å²) in [4.78, 5) is 0. The zero-order chi connectivity index (χ0) is 11.1.